The maximum Gasteiger partial charge on any atom is 0.123 e. The molecule has 2 aromatic rings. The van der Waals surface area contributed by atoms with Crippen LogP contribution in [-0.4, -0.2) is 0 Å². The summed E-state index contributed by atoms with van der Waals surface area (Å²) in [5.41, 5.74) is 2.08. The fourth-order valence-corrected chi connectivity index (χ4v) is 2.87. The maximum absolute atomic E-state index is 13.0. The quantitative estimate of drug-likeness (QED) is 0.659. The average molecular weight is 297 g/mol. The van der Waals surface area contributed by atoms with E-state index in [0.29, 0.717) is 16.0 Å². The van der Waals surface area contributed by atoms with Crippen LogP contribution in [0.4, 0.5) is 4.39 Å². The van der Waals surface area contributed by atoms with Crippen LogP contribution < -0.4 is 0 Å². The van der Waals surface area contributed by atoms with Gasteiger partial charge >= 0.3 is 0 Å². The molecular weight excluding hydrogens is 282 g/mol. The topological polar surface area (TPSA) is 0 Å². The summed E-state index contributed by atoms with van der Waals surface area (Å²) in [5, 5.41) is 1.27. The summed E-state index contributed by atoms with van der Waals surface area (Å²) in [5.74, 6) is 0.253. The molecule has 0 aliphatic rings. The first-order valence-corrected chi connectivity index (χ1v) is 6.95. The molecule has 0 saturated carbocycles. The largest absolute Gasteiger partial charge is 0.207 e. The SMILES string of the molecule is CC(C)C(c1ccc(F)cc1)c1ccc(Cl)cc1Cl. The molecule has 19 heavy (non-hydrogen) atoms. The van der Waals surface area contributed by atoms with Crippen LogP contribution in [0.25, 0.3) is 0 Å². The Morgan fingerprint density at radius 1 is 0.947 bits per heavy atom. The molecule has 0 spiro atoms. The van der Waals surface area contributed by atoms with Gasteiger partial charge in [-0.3, -0.25) is 0 Å². The van der Waals surface area contributed by atoms with Crippen molar-refractivity contribution in [2.75, 3.05) is 0 Å². The molecule has 0 nitrogen and oxygen atoms in total. The van der Waals surface area contributed by atoms with E-state index in [-0.39, 0.29) is 11.7 Å². The Morgan fingerprint density at radius 3 is 2.11 bits per heavy atom. The van der Waals surface area contributed by atoms with Crippen molar-refractivity contribution >= 4 is 23.2 Å². The molecule has 100 valence electrons. The molecule has 0 saturated heterocycles. The highest BCUT2D eigenvalue weighted by atomic mass is 35.5. The van der Waals surface area contributed by atoms with Crippen molar-refractivity contribution in [3.05, 3.63) is 69.5 Å². The summed E-state index contributed by atoms with van der Waals surface area (Å²) in [6, 6.07) is 12.1. The Balaban J connectivity index is 2.48. The van der Waals surface area contributed by atoms with Crippen molar-refractivity contribution < 1.29 is 4.39 Å². The van der Waals surface area contributed by atoms with Crippen molar-refractivity contribution in [1.82, 2.24) is 0 Å². The normalized spacial score (nSPS) is 12.7. The van der Waals surface area contributed by atoms with E-state index in [1.165, 1.54) is 12.1 Å². The van der Waals surface area contributed by atoms with Crippen LogP contribution in [0, 0.1) is 11.7 Å². The van der Waals surface area contributed by atoms with Crippen LogP contribution in [0.2, 0.25) is 10.0 Å². The Bertz CT molecular complexity index is 561. The van der Waals surface area contributed by atoms with E-state index in [4.69, 9.17) is 23.2 Å². The summed E-state index contributed by atoms with van der Waals surface area (Å²) in [6.07, 6.45) is 0. The predicted molar refractivity (Wildman–Crippen MR) is 79.5 cm³/mol. The molecule has 1 atom stereocenters. The first-order valence-electron chi connectivity index (χ1n) is 6.19. The highest BCUT2D eigenvalue weighted by Crippen LogP contribution is 2.37. The van der Waals surface area contributed by atoms with Crippen LogP contribution in [0.15, 0.2) is 42.5 Å². The minimum absolute atomic E-state index is 0.130. The maximum atomic E-state index is 13.0. The molecule has 0 radical (unpaired) electrons. The summed E-state index contributed by atoms with van der Waals surface area (Å²) in [4.78, 5) is 0. The average Bonchev–Trinajstić information content (AvgIpc) is 2.34. The van der Waals surface area contributed by atoms with E-state index in [2.05, 4.69) is 13.8 Å². The molecular formula is C16H15Cl2F. The van der Waals surface area contributed by atoms with Gasteiger partial charge in [0.1, 0.15) is 5.82 Å². The van der Waals surface area contributed by atoms with Gasteiger partial charge in [0.15, 0.2) is 0 Å². The molecule has 0 aliphatic carbocycles. The Labute approximate surface area is 123 Å². The van der Waals surface area contributed by atoms with Gasteiger partial charge in [-0.15, -0.1) is 0 Å². The number of hydrogen-bond acceptors (Lipinski definition) is 0. The molecule has 0 amide bonds. The zero-order chi connectivity index (χ0) is 14.0. The van der Waals surface area contributed by atoms with Gasteiger partial charge in [-0.1, -0.05) is 55.2 Å². The fourth-order valence-electron chi connectivity index (χ4n) is 2.35. The lowest BCUT2D eigenvalue weighted by Gasteiger charge is -2.23. The summed E-state index contributed by atoms with van der Waals surface area (Å²) in [6.45, 7) is 4.25. The van der Waals surface area contributed by atoms with Crippen LogP contribution in [-0.2, 0) is 0 Å². The van der Waals surface area contributed by atoms with Crippen LogP contribution in [0.5, 0.6) is 0 Å². The first-order chi connectivity index (χ1) is 8.99. The van der Waals surface area contributed by atoms with Crippen LogP contribution in [0.1, 0.15) is 30.9 Å². The monoisotopic (exact) mass is 296 g/mol. The molecule has 0 N–H and O–H groups in total. The van der Waals surface area contributed by atoms with Gasteiger partial charge < -0.3 is 0 Å². The lowest BCUT2D eigenvalue weighted by atomic mass is 9.82. The third-order valence-electron chi connectivity index (χ3n) is 3.19. The molecule has 2 aromatic carbocycles. The van der Waals surface area contributed by atoms with Gasteiger partial charge in [0.25, 0.3) is 0 Å². The van der Waals surface area contributed by atoms with E-state index >= 15 is 0 Å². The molecule has 0 fully saturated rings. The van der Waals surface area contributed by atoms with Gasteiger partial charge in [-0.05, 0) is 41.3 Å². The van der Waals surface area contributed by atoms with Crippen LogP contribution >= 0.6 is 23.2 Å². The third-order valence-corrected chi connectivity index (χ3v) is 3.76. The van der Waals surface area contributed by atoms with E-state index in [9.17, 15) is 4.39 Å². The van der Waals surface area contributed by atoms with Gasteiger partial charge in [0.05, 0.1) is 0 Å². The van der Waals surface area contributed by atoms with Crippen molar-refractivity contribution in [3.8, 4) is 0 Å². The van der Waals surface area contributed by atoms with Crippen LogP contribution in [0.3, 0.4) is 0 Å². The molecule has 0 aliphatic heterocycles. The summed E-state index contributed by atoms with van der Waals surface area (Å²) < 4.78 is 13.0. The minimum atomic E-state index is -0.228. The van der Waals surface area contributed by atoms with Gasteiger partial charge in [-0.2, -0.15) is 0 Å². The highest BCUT2D eigenvalue weighted by molar-refractivity contribution is 6.35. The summed E-state index contributed by atoms with van der Waals surface area (Å²) >= 11 is 12.2. The molecule has 2 rings (SSSR count). The molecule has 3 heteroatoms. The Hall–Kier alpha value is -1.05. The standard InChI is InChI=1S/C16H15Cl2F/c1-10(2)16(11-3-6-13(19)7-4-11)14-8-5-12(17)9-15(14)18/h3-10,16H,1-2H3. The van der Waals surface area contributed by atoms with Gasteiger partial charge in [-0.25, -0.2) is 4.39 Å². The lowest BCUT2D eigenvalue weighted by Crippen LogP contribution is -2.09. The molecule has 0 aromatic heterocycles. The number of benzene rings is 2. The van der Waals surface area contributed by atoms with E-state index < -0.39 is 0 Å². The van der Waals surface area contributed by atoms with E-state index in [1.807, 2.05) is 24.3 Å². The number of halogens is 3. The number of hydrogen-bond donors (Lipinski definition) is 0. The van der Waals surface area contributed by atoms with Crippen molar-refractivity contribution in [2.24, 2.45) is 5.92 Å². The second-order valence-corrected chi connectivity index (χ2v) is 5.78. The molecule has 0 heterocycles. The van der Waals surface area contributed by atoms with E-state index in [0.717, 1.165) is 11.1 Å². The molecule has 0 bridgehead atoms. The first kappa shape index (κ1) is 14.4. The highest BCUT2D eigenvalue weighted by Gasteiger charge is 2.20. The Kier molecular flexibility index (Phi) is 4.49. The zero-order valence-electron chi connectivity index (χ0n) is 10.8. The predicted octanol–water partition coefficient (Wildman–Crippen LogP) is 5.92. The number of rotatable bonds is 3. The lowest BCUT2D eigenvalue weighted by molar-refractivity contribution is 0.561. The second kappa shape index (κ2) is 5.94. The van der Waals surface area contributed by atoms with Crippen molar-refractivity contribution in [1.29, 1.82) is 0 Å². The Morgan fingerprint density at radius 2 is 1.58 bits per heavy atom. The minimum Gasteiger partial charge on any atom is -0.207 e. The third kappa shape index (κ3) is 3.29. The van der Waals surface area contributed by atoms with Crippen molar-refractivity contribution in [2.45, 2.75) is 19.8 Å². The fraction of sp³-hybridized carbons (Fsp3) is 0.250. The van der Waals surface area contributed by atoms with Crippen molar-refractivity contribution in [3.63, 3.8) is 0 Å². The van der Waals surface area contributed by atoms with Gasteiger partial charge in [0.2, 0.25) is 0 Å². The smallest absolute Gasteiger partial charge is 0.123 e. The zero-order valence-corrected chi connectivity index (χ0v) is 12.3. The molecule has 1 unspecified atom stereocenters. The van der Waals surface area contributed by atoms with Gasteiger partial charge in [0, 0.05) is 16.0 Å². The summed E-state index contributed by atoms with van der Waals surface area (Å²) in [7, 11) is 0. The van der Waals surface area contributed by atoms with E-state index in [1.54, 1.807) is 6.07 Å². The second-order valence-electron chi connectivity index (χ2n) is 4.94.